The molecule has 1 aromatic heterocycles. The van der Waals surface area contributed by atoms with Crippen molar-refractivity contribution in [3.05, 3.63) is 24.3 Å². The number of hydrogen-bond donors (Lipinski definition) is 2. The molecule has 0 spiro atoms. The summed E-state index contributed by atoms with van der Waals surface area (Å²) >= 11 is 1.50. The van der Waals surface area contributed by atoms with Crippen molar-refractivity contribution in [2.75, 3.05) is 25.0 Å². The van der Waals surface area contributed by atoms with Gasteiger partial charge in [0, 0.05) is 12.6 Å². The second kappa shape index (κ2) is 6.09. The summed E-state index contributed by atoms with van der Waals surface area (Å²) in [6.45, 7) is 4.27. The van der Waals surface area contributed by atoms with Gasteiger partial charge in [-0.05, 0) is 31.0 Å². The largest absolute Gasteiger partial charge is 0.326 e. The third-order valence-corrected chi connectivity index (χ3v) is 4.96. The Morgan fingerprint density at radius 1 is 1.52 bits per heavy atom. The number of nitrogens with two attached hydrogens (primary N) is 1. The van der Waals surface area contributed by atoms with Gasteiger partial charge in [-0.25, -0.2) is 4.98 Å². The highest BCUT2D eigenvalue weighted by Crippen LogP contribution is 2.25. The summed E-state index contributed by atoms with van der Waals surface area (Å²) in [5.41, 5.74) is 6.99. The van der Waals surface area contributed by atoms with Gasteiger partial charge in [0.2, 0.25) is 5.91 Å². The monoisotopic (exact) mass is 304 g/mol. The SMILES string of the molecule is CC1CCN(CC(=O)Nc2nc3ccccc3s2)CC1N. The second-order valence-corrected chi connectivity index (χ2v) is 6.73. The molecule has 0 aliphatic carbocycles. The van der Waals surface area contributed by atoms with E-state index in [4.69, 9.17) is 5.73 Å². The van der Waals surface area contributed by atoms with Crippen molar-refractivity contribution in [3.63, 3.8) is 0 Å². The van der Waals surface area contributed by atoms with Gasteiger partial charge in [-0.15, -0.1) is 0 Å². The minimum Gasteiger partial charge on any atom is -0.326 e. The van der Waals surface area contributed by atoms with E-state index in [-0.39, 0.29) is 11.9 Å². The fraction of sp³-hybridized carbons (Fsp3) is 0.467. The number of fused-ring (bicyclic) bond motifs is 1. The highest BCUT2D eigenvalue weighted by molar-refractivity contribution is 7.22. The van der Waals surface area contributed by atoms with E-state index in [1.807, 2.05) is 24.3 Å². The van der Waals surface area contributed by atoms with Crippen molar-refractivity contribution in [2.24, 2.45) is 11.7 Å². The summed E-state index contributed by atoms with van der Waals surface area (Å²) in [5.74, 6) is 0.518. The third kappa shape index (κ3) is 3.40. The Labute approximate surface area is 128 Å². The predicted octanol–water partition coefficient (Wildman–Crippen LogP) is 1.90. The number of para-hydroxylation sites is 1. The van der Waals surface area contributed by atoms with Crippen LogP contribution in [0, 0.1) is 5.92 Å². The zero-order chi connectivity index (χ0) is 14.8. The van der Waals surface area contributed by atoms with Crippen molar-refractivity contribution in [1.29, 1.82) is 0 Å². The van der Waals surface area contributed by atoms with Gasteiger partial charge in [0.05, 0.1) is 16.8 Å². The Bertz CT molecular complexity index is 608. The van der Waals surface area contributed by atoms with Gasteiger partial charge < -0.3 is 11.1 Å². The zero-order valence-corrected chi connectivity index (χ0v) is 12.9. The number of hydrogen-bond acceptors (Lipinski definition) is 5. The zero-order valence-electron chi connectivity index (χ0n) is 12.1. The highest BCUT2D eigenvalue weighted by Gasteiger charge is 2.24. The molecule has 0 bridgehead atoms. The smallest absolute Gasteiger partial charge is 0.240 e. The van der Waals surface area contributed by atoms with Crippen LogP contribution in [-0.2, 0) is 4.79 Å². The topological polar surface area (TPSA) is 71.2 Å². The van der Waals surface area contributed by atoms with Gasteiger partial charge >= 0.3 is 0 Å². The third-order valence-electron chi connectivity index (χ3n) is 4.01. The summed E-state index contributed by atoms with van der Waals surface area (Å²) in [5, 5.41) is 3.55. The molecule has 1 aliphatic heterocycles. The van der Waals surface area contributed by atoms with E-state index in [1.165, 1.54) is 11.3 Å². The fourth-order valence-electron chi connectivity index (χ4n) is 2.60. The van der Waals surface area contributed by atoms with Gasteiger partial charge in [0.15, 0.2) is 5.13 Å². The molecular weight excluding hydrogens is 284 g/mol. The summed E-state index contributed by atoms with van der Waals surface area (Å²) < 4.78 is 1.08. The predicted molar refractivity (Wildman–Crippen MR) is 86.4 cm³/mol. The lowest BCUT2D eigenvalue weighted by atomic mass is 9.94. The molecule has 3 rings (SSSR count). The van der Waals surface area contributed by atoms with E-state index in [0.717, 1.165) is 29.7 Å². The fourth-order valence-corrected chi connectivity index (χ4v) is 3.48. The summed E-state index contributed by atoms with van der Waals surface area (Å²) in [6.07, 6.45) is 1.05. The van der Waals surface area contributed by atoms with Gasteiger partial charge in [-0.3, -0.25) is 9.69 Å². The molecule has 2 aromatic rings. The Balaban J connectivity index is 1.59. The maximum atomic E-state index is 12.1. The lowest BCUT2D eigenvalue weighted by molar-refractivity contribution is -0.117. The molecule has 0 radical (unpaired) electrons. The highest BCUT2D eigenvalue weighted by atomic mass is 32.1. The van der Waals surface area contributed by atoms with Crippen LogP contribution in [0.15, 0.2) is 24.3 Å². The molecule has 1 aliphatic rings. The van der Waals surface area contributed by atoms with Gasteiger partial charge in [0.1, 0.15) is 0 Å². The maximum Gasteiger partial charge on any atom is 0.240 e. The van der Waals surface area contributed by atoms with E-state index >= 15 is 0 Å². The molecule has 112 valence electrons. The molecule has 1 saturated heterocycles. The number of rotatable bonds is 3. The Morgan fingerprint density at radius 3 is 3.10 bits per heavy atom. The molecule has 1 aromatic carbocycles. The standard InChI is InChI=1S/C15H20N4OS/c1-10-6-7-19(8-11(10)16)9-14(20)18-15-17-12-4-2-3-5-13(12)21-15/h2-5,10-11H,6-9,16H2,1H3,(H,17,18,20). The number of nitrogens with one attached hydrogen (secondary N) is 1. The van der Waals surface area contributed by atoms with Crippen molar-refractivity contribution < 1.29 is 4.79 Å². The number of likely N-dealkylation sites (tertiary alicyclic amines) is 1. The van der Waals surface area contributed by atoms with E-state index < -0.39 is 0 Å². The number of amides is 1. The lowest BCUT2D eigenvalue weighted by Crippen LogP contribution is -2.49. The molecule has 1 fully saturated rings. The van der Waals surface area contributed by atoms with E-state index in [0.29, 0.717) is 17.6 Å². The molecule has 5 nitrogen and oxygen atoms in total. The average Bonchev–Trinajstić information content (AvgIpc) is 2.84. The normalized spacial score (nSPS) is 23.3. The van der Waals surface area contributed by atoms with Crippen LogP contribution in [0.4, 0.5) is 5.13 Å². The Hall–Kier alpha value is -1.50. The Morgan fingerprint density at radius 2 is 2.33 bits per heavy atom. The molecule has 6 heteroatoms. The first-order valence-corrected chi connectivity index (χ1v) is 8.07. The number of carbonyl (C=O) groups excluding carboxylic acids is 1. The van der Waals surface area contributed by atoms with Crippen LogP contribution in [0.25, 0.3) is 10.2 Å². The number of anilines is 1. The van der Waals surface area contributed by atoms with Crippen LogP contribution in [0.2, 0.25) is 0 Å². The van der Waals surface area contributed by atoms with Crippen molar-refractivity contribution in [1.82, 2.24) is 9.88 Å². The average molecular weight is 304 g/mol. The Kier molecular flexibility index (Phi) is 4.19. The van der Waals surface area contributed by atoms with Crippen LogP contribution in [-0.4, -0.2) is 41.5 Å². The van der Waals surface area contributed by atoms with Gasteiger partial charge in [0.25, 0.3) is 0 Å². The molecule has 0 saturated carbocycles. The van der Waals surface area contributed by atoms with E-state index in [9.17, 15) is 4.79 Å². The molecule has 3 N–H and O–H groups in total. The van der Waals surface area contributed by atoms with Crippen molar-refractivity contribution in [2.45, 2.75) is 19.4 Å². The van der Waals surface area contributed by atoms with Crippen LogP contribution >= 0.6 is 11.3 Å². The molecule has 1 amide bonds. The van der Waals surface area contributed by atoms with Crippen LogP contribution in [0.1, 0.15) is 13.3 Å². The molecule has 21 heavy (non-hydrogen) atoms. The molecule has 2 heterocycles. The quantitative estimate of drug-likeness (QED) is 0.908. The summed E-state index contributed by atoms with van der Waals surface area (Å²) in [4.78, 5) is 18.7. The van der Waals surface area contributed by atoms with Crippen molar-refractivity contribution in [3.8, 4) is 0 Å². The molecule has 2 unspecified atom stereocenters. The van der Waals surface area contributed by atoms with Crippen LogP contribution < -0.4 is 11.1 Å². The summed E-state index contributed by atoms with van der Waals surface area (Å²) in [7, 11) is 0. The maximum absolute atomic E-state index is 12.1. The minimum atomic E-state index is -0.0178. The minimum absolute atomic E-state index is 0.0178. The first-order valence-electron chi connectivity index (χ1n) is 7.25. The van der Waals surface area contributed by atoms with E-state index in [2.05, 4.69) is 22.1 Å². The molecule has 2 atom stereocenters. The first-order chi connectivity index (χ1) is 10.1. The van der Waals surface area contributed by atoms with Crippen molar-refractivity contribution >= 4 is 32.6 Å². The van der Waals surface area contributed by atoms with Gasteiger partial charge in [-0.2, -0.15) is 0 Å². The number of nitrogens with zero attached hydrogens (tertiary/aromatic N) is 2. The second-order valence-electron chi connectivity index (χ2n) is 5.70. The number of thiazole rings is 1. The molecular formula is C15H20N4OS. The number of aromatic nitrogens is 1. The summed E-state index contributed by atoms with van der Waals surface area (Å²) in [6, 6.07) is 8.04. The first kappa shape index (κ1) is 14.4. The number of piperidine rings is 1. The van der Waals surface area contributed by atoms with Crippen LogP contribution in [0.5, 0.6) is 0 Å². The van der Waals surface area contributed by atoms with Gasteiger partial charge in [-0.1, -0.05) is 30.4 Å². The number of carbonyl (C=O) groups is 1. The lowest BCUT2D eigenvalue weighted by Gasteiger charge is -2.34. The van der Waals surface area contributed by atoms with E-state index in [1.54, 1.807) is 0 Å². The number of benzene rings is 1. The van der Waals surface area contributed by atoms with Crippen LogP contribution in [0.3, 0.4) is 0 Å².